The lowest BCUT2D eigenvalue weighted by Crippen LogP contribution is -2.45. The van der Waals surface area contributed by atoms with Gasteiger partial charge in [0.25, 0.3) is 0 Å². The van der Waals surface area contributed by atoms with Crippen LogP contribution in [0.25, 0.3) is 0 Å². The predicted molar refractivity (Wildman–Crippen MR) is 104 cm³/mol. The van der Waals surface area contributed by atoms with Gasteiger partial charge >= 0.3 is 0 Å². The van der Waals surface area contributed by atoms with Gasteiger partial charge in [-0.15, -0.1) is 0 Å². The third-order valence-electron chi connectivity index (χ3n) is 5.20. The van der Waals surface area contributed by atoms with Crippen molar-refractivity contribution in [2.75, 3.05) is 0 Å². The summed E-state index contributed by atoms with van der Waals surface area (Å²) in [6.45, 7) is 12.7. The molecule has 4 heteroatoms. The number of allylic oxidation sites excluding steroid dienone is 5. The van der Waals surface area contributed by atoms with Gasteiger partial charge in [-0.25, -0.2) is 0 Å². The smallest absolute Gasteiger partial charge is 0.173 e. The fourth-order valence-corrected chi connectivity index (χ4v) is 3.23. The topological polar surface area (TPSA) is 71.4 Å². The lowest BCUT2D eigenvalue weighted by atomic mass is 9.79. The van der Waals surface area contributed by atoms with Crippen LogP contribution in [-0.4, -0.2) is 28.1 Å². The molecule has 3 atom stereocenters. The number of Topliss-reactive ketones (excluding diaryl/α,β-unsaturated/α-hetero) is 3. The molecule has 0 aromatic carbocycles. The largest absolute Gasteiger partial charge is 0.377 e. The molecule has 0 saturated carbocycles. The number of aliphatic hydroxyl groups is 1. The van der Waals surface area contributed by atoms with Crippen molar-refractivity contribution >= 4 is 17.3 Å². The summed E-state index contributed by atoms with van der Waals surface area (Å²) in [6.07, 6.45) is 4.47. The average Bonchev–Trinajstić information content (AvgIpc) is 2.76. The first-order valence-electron chi connectivity index (χ1n) is 9.30. The van der Waals surface area contributed by atoms with Crippen molar-refractivity contribution in [2.45, 2.75) is 73.3 Å². The second kappa shape index (κ2) is 8.72. The van der Waals surface area contributed by atoms with Crippen LogP contribution in [0.5, 0.6) is 0 Å². The van der Waals surface area contributed by atoms with E-state index in [2.05, 4.69) is 0 Å². The van der Waals surface area contributed by atoms with E-state index in [1.54, 1.807) is 19.9 Å². The molecule has 0 aromatic heterocycles. The molecular weight excluding hydrogens is 328 g/mol. The van der Waals surface area contributed by atoms with E-state index in [-0.39, 0.29) is 35.7 Å². The maximum absolute atomic E-state index is 13.0. The van der Waals surface area contributed by atoms with E-state index in [1.165, 1.54) is 0 Å². The second-order valence-corrected chi connectivity index (χ2v) is 7.78. The zero-order valence-corrected chi connectivity index (χ0v) is 17.1. The molecule has 0 radical (unpaired) electrons. The number of rotatable bonds is 8. The molecule has 26 heavy (non-hydrogen) atoms. The lowest BCUT2D eigenvalue weighted by molar-refractivity contribution is -0.141. The van der Waals surface area contributed by atoms with Crippen LogP contribution < -0.4 is 0 Å². The van der Waals surface area contributed by atoms with E-state index in [0.29, 0.717) is 6.42 Å². The summed E-state index contributed by atoms with van der Waals surface area (Å²) >= 11 is 0. The third kappa shape index (κ3) is 4.29. The minimum Gasteiger partial charge on any atom is -0.377 e. The highest BCUT2D eigenvalue weighted by Crippen LogP contribution is 2.43. The van der Waals surface area contributed by atoms with Crippen LogP contribution in [0.4, 0.5) is 0 Å². The molecule has 144 valence electrons. The number of carbonyl (C=O) groups excluding carboxylic acids is 3. The van der Waals surface area contributed by atoms with Crippen molar-refractivity contribution < 1.29 is 19.5 Å². The fraction of sp³-hybridized carbons (Fsp3) is 0.591. The minimum absolute atomic E-state index is 0.0274. The molecule has 0 heterocycles. The van der Waals surface area contributed by atoms with Crippen LogP contribution in [0.1, 0.15) is 67.7 Å². The summed E-state index contributed by atoms with van der Waals surface area (Å²) in [6, 6.07) is 0. The quantitative estimate of drug-likeness (QED) is 0.522. The van der Waals surface area contributed by atoms with Crippen molar-refractivity contribution in [1.29, 1.82) is 0 Å². The van der Waals surface area contributed by atoms with Gasteiger partial charge in [-0.05, 0) is 53.0 Å². The number of ketones is 3. The lowest BCUT2D eigenvalue weighted by Gasteiger charge is -2.29. The molecule has 1 aliphatic carbocycles. The first-order chi connectivity index (χ1) is 12.0. The molecule has 0 bridgehead atoms. The van der Waals surface area contributed by atoms with E-state index in [0.717, 1.165) is 11.1 Å². The minimum atomic E-state index is -1.91. The van der Waals surface area contributed by atoms with E-state index in [9.17, 15) is 19.5 Å². The van der Waals surface area contributed by atoms with E-state index in [1.807, 2.05) is 40.7 Å². The van der Waals surface area contributed by atoms with Gasteiger partial charge in [0.05, 0.1) is 11.5 Å². The summed E-state index contributed by atoms with van der Waals surface area (Å²) in [5.41, 5.74) is 0.292. The summed E-state index contributed by atoms with van der Waals surface area (Å²) in [5.74, 6) is -2.35. The molecule has 0 amide bonds. The Morgan fingerprint density at radius 3 is 2.15 bits per heavy atom. The van der Waals surface area contributed by atoms with Crippen molar-refractivity contribution in [3.63, 3.8) is 0 Å². The summed E-state index contributed by atoms with van der Waals surface area (Å²) < 4.78 is 0. The Bertz CT molecular complexity index is 685. The molecule has 0 saturated heterocycles. The third-order valence-corrected chi connectivity index (χ3v) is 5.20. The van der Waals surface area contributed by atoms with Gasteiger partial charge in [-0.2, -0.15) is 0 Å². The first kappa shape index (κ1) is 22.2. The van der Waals surface area contributed by atoms with Gasteiger partial charge in [0.1, 0.15) is 0 Å². The van der Waals surface area contributed by atoms with Crippen molar-refractivity contribution in [3.05, 3.63) is 34.4 Å². The molecule has 1 N–H and O–H groups in total. The highest BCUT2D eigenvalue weighted by atomic mass is 16.3. The zero-order chi connectivity index (χ0) is 20.2. The molecule has 0 aliphatic heterocycles. The molecule has 0 spiro atoms. The SMILES string of the molecule is CCC(C)C(=O)C1=C(C)[C@@](O)(C(=O)CC=C(C)C)[C@@H](CC=C(C)C)C1=O. The highest BCUT2D eigenvalue weighted by molar-refractivity contribution is 6.26. The second-order valence-electron chi connectivity index (χ2n) is 7.78. The van der Waals surface area contributed by atoms with E-state index < -0.39 is 23.1 Å². The number of carbonyl (C=O) groups is 3. The fourth-order valence-electron chi connectivity index (χ4n) is 3.23. The Morgan fingerprint density at radius 2 is 1.69 bits per heavy atom. The van der Waals surface area contributed by atoms with Crippen LogP contribution in [-0.2, 0) is 14.4 Å². The van der Waals surface area contributed by atoms with Crippen molar-refractivity contribution in [3.8, 4) is 0 Å². The van der Waals surface area contributed by atoms with Crippen LogP contribution >= 0.6 is 0 Å². The van der Waals surface area contributed by atoms with Crippen LogP contribution in [0.2, 0.25) is 0 Å². The number of hydrogen-bond donors (Lipinski definition) is 1. The van der Waals surface area contributed by atoms with Crippen LogP contribution in [0.3, 0.4) is 0 Å². The van der Waals surface area contributed by atoms with Crippen LogP contribution in [0.15, 0.2) is 34.4 Å². The first-order valence-corrected chi connectivity index (χ1v) is 9.30. The maximum Gasteiger partial charge on any atom is 0.173 e. The van der Waals surface area contributed by atoms with E-state index in [4.69, 9.17) is 0 Å². The number of hydrogen-bond acceptors (Lipinski definition) is 4. The standard InChI is InChI=1S/C22H32O4/c1-8-15(6)20(24)19-16(7)22(26,18(23)12-10-14(4)5)17(21(19)25)11-9-13(2)3/h9-10,15,17,26H,8,11-12H2,1-7H3/t15?,17-,22-/m0/s1. The molecule has 1 aliphatic rings. The summed E-state index contributed by atoms with van der Waals surface area (Å²) in [7, 11) is 0. The van der Waals surface area contributed by atoms with Crippen LogP contribution in [0, 0.1) is 11.8 Å². The van der Waals surface area contributed by atoms with Gasteiger partial charge < -0.3 is 5.11 Å². The normalized spacial score (nSPS) is 23.7. The Balaban J connectivity index is 3.45. The molecule has 0 aromatic rings. The Kier molecular flexibility index (Phi) is 7.45. The summed E-state index contributed by atoms with van der Waals surface area (Å²) in [5, 5.41) is 11.3. The maximum atomic E-state index is 13.0. The molecular formula is C22H32O4. The Labute approximate surface area is 157 Å². The van der Waals surface area contributed by atoms with Gasteiger partial charge in [0.2, 0.25) is 0 Å². The van der Waals surface area contributed by atoms with Crippen molar-refractivity contribution in [2.24, 2.45) is 11.8 Å². The Hall–Kier alpha value is -1.81. The molecule has 1 rings (SSSR count). The average molecular weight is 360 g/mol. The molecule has 4 nitrogen and oxygen atoms in total. The monoisotopic (exact) mass is 360 g/mol. The van der Waals surface area contributed by atoms with Gasteiger partial charge in [0.15, 0.2) is 23.0 Å². The van der Waals surface area contributed by atoms with E-state index >= 15 is 0 Å². The Morgan fingerprint density at radius 1 is 1.15 bits per heavy atom. The predicted octanol–water partition coefficient (Wildman–Crippen LogP) is 4.13. The summed E-state index contributed by atoms with van der Waals surface area (Å²) in [4.78, 5) is 38.6. The van der Waals surface area contributed by atoms with Gasteiger partial charge in [-0.3, -0.25) is 14.4 Å². The van der Waals surface area contributed by atoms with Gasteiger partial charge in [0, 0.05) is 12.3 Å². The molecule has 1 unspecified atom stereocenters. The zero-order valence-electron chi connectivity index (χ0n) is 17.1. The van der Waals surface area contributed by atoms with Crippen molar-refractivity contribution in [1.82, 2.24) is 0 Å². The molecule has 0 fully saturated rings. The van der Waals surface area contributed by atoms with Gasteiger partial charge in [-0.1, -0.05) is 37.1 Å². The highest BCUT2D eigenvalue weighted by Gasteiger charge is 2.56.